The summed E-state index contributed by atoms with van der Waals surface area (Å²) in [4.78, 5) is 0. The molecule has 0 saturated heterocycles. The second-order valence-electron chi connectivity index (χ2n) is 0. The molecule has 0 amide bonds. The van der Waals surface area contributed by atoms with Crippen molar-refractivity contribution in [3.8, 4) is 0 Å². The van der Waals surface area contributed by atoms with Crippen LogP contribution in [-0.2, 0) is 53.7 Å². The number of rotatable bonds is 0. The minimum Gasteiger partial charge on any atom is -0.179 e. The molecule has 0 fully saturated rings. The third kappa shape index (κ3) is 22.9. The Balaban J connectivity index is -0.00000000167. The van der Waals surface area contributed by atoms with Gasteiger partial charge in [0.2, 0.25) is 0 Å². The first-order chi connectivity index (χ1) is 1.00. The van der Waals surface area contributed by atoms with Crippen molar-refractivity contribution < 1.29 is 53.7 Å². The van der Waals surface area contributed by atoms with Crippen LogP contribution in [0.4, 0.5) is 0 Å². The molecule has 0 aliphatic rings. The summed E-state index contributed by atoms with van der Waals surface area (Å²) in [6.45, 7) is 0. The van der Waals surface area contributed by atoms with Crippen molar-refractivity contribution in [2.75, 3.05) is 0 Å². The molecule has 0 aromatic heterocycles. The van der Waals surface area contributed by atoms with Gasteiger partial charge in [0.25, 0.3) is 0 Å². The van der Waals surface area contributed by atoms with Crippen LogP contribution in [0.2, 0.25) is 0 Å². The van der Waals surface area contributed by atoms with E-state index in [4.69, 9.17) is 0 Å². The molecule has 0 aliphatic carbocycles. The monoisotopic (exact) mass is 350 g/mol. The van der Waals surface area contributed by atoms with Crippen molar-refractivity contribution in [2.24, 2.45) is 0 Å². The van der Waals surface area contributed by atoms with Crippen LogP contribution in [0.3, 0.4) is 0 Å². The third-order valence-corrected chi connectivity index (χ3v) is 0. The molecule has 0 aromatic rings. The molecule has 0 rings (SSSR count). The molecule has 0 saturated carbocycles. The van der Waals surface area contributed by atoms with Gasteiger partial charge >= 0.3 is 0 Å². The van der Waals surface area contributed by atoms with Crippen LogP contribution in [-0.4, -0.2) is 7.57 Å². The Morgan fingerprint density at radius 1 is 1.20 bits per heavy atom. The Kier molecular flexibility index (Phi) is 192. The predicted molar refractivity (Wildman–Crippen MR) is 18.3 cm³/mol. The molecule has 0 aromatic carbocycles. The van der Waals surface area contributed by atoms with Gasteiger partial charge in [-0.3, -0.25) is 0 Å². The Labute approximate surface area is 70.0 Å². The van der Waals surface area contributed by atoms with Gasteiger partial charge in [-0.05, 0) is 0 Å². The van der Waals surface area contributed by atoms with Crippen LogP contribution in [0.1, 0.15) is 0 Å². The Hall–Kier alpha value is 2.16. The summed E-state index contributed by atoms with van der Waals surface area (Å²) in [5.74, 6) is 0. The van der Waals surface area contributed by atoms with E-state index in [2.05, 4.69) is 9.12 Å². The van der Waals surface area contributed by atoms with Gasteiger partial charge in [0.1, 0.15) is 7.57 Å². The summed E-state index contributed by atoms with van der Waals surface area (Å²) in [6, 6.07) is 0. The maximum absolute atomic E-state index is 2.42. The summed E-state index contributed by atoms with van der Waals surface area (Å²) in [6.07, 6.45) is 0. The average molecular weight is 350 g/mol. The quantitative estimate of drug-likeness (QED) is 0.405. The summed E-state index contributed by atoms with van der Waals surface area (Å²) in [7, 11) is 4.33. The third-order valence-electron chi connectivity index (χ3n) is 0. The fraction of sp³-hybridized carbons (Fsp3) is 0. The van der Waals surface area contributed by atoms with Crippen LogP contribution in [0.5, 0.6) is 0 Å². The molecule has 38 valence electrons. The fourth-order valence-corrected chi connectivity index (χ4v) is 0. The van der Waals surface area contributed by atoms with E-state index in [-0.39, 0.29) is 53.7 Å². The second-order valence-corrected chi connectivity index (χ2v) is 0. The van der Waals surface area contributed by atoms with E-state index >= 15 is 0 Å². The average Bonchev–Trinajstić information content (AvgIpc) is 1.00. The van der Waals surface area contributed by atoms with E-state index < -0.39 is 0 Å². The normalized spacial score (nSPS) is 1.00. The van der Waals surface area contributed by atoms with Crippen molar-refractivity contribution in [2.45, 2.75) is 0 Å². The molecule has 0 N–H and O–H groups in total. The van der Waals surface area contributed by atoms with Gasteiger partial charge in [-0.2, -0.15) is 9.12 Å². The van der Waals surface area contributed by atoms with E-state index in [1.807, 2.05) is 7.57 Å². The molecule has 1 atom stereocenters. The molecule has 0 aliphatic heterocycles. The topological polar surface area (TPSA) is 0 Å². The molecule has 0 heterocycles. The van der Waals surface area contributed by atoms with Crippen LogP contribution >= 0.6 is 9.12 Å². The molecule has 5 heavy (non-hydrogen) atoms. The van der Waals surface area contributed by atoms with Crippen LogP contribution in [0.25, 0.3) is 0 Å². The van der Waals surface area contributed by atoms with E-state index in [0.29, 0.717) is 0 Å². The Morgan fingerprint density at radius 3 is 1.20 bits per heavy atom. The van der Waals surface area contributed by atoms with Gasteiger partial charge in [-0.1, -0.05) is 0 Å². The van der Waals surface area contributed by atoms with E-state index in [1.165, 1.54) is 0 Å². The first-order valence-electron chi connectivity index (χ1n) is 0.577. The number of hydrogen-bond acceptors (Lipinski definition) is 0. The largest absolute Gasteiger partial charge is 0.179 e. The molecule has 0 bridgehead atoms. The summed E-state index contributed by atoms with van der Waals surface area (Å²) >= 11 is 0. The summed E-state index contributed by atoms with van der Waals surface area (Å²) in [5, 5.41) is 0. The van der Waals surface area contributed by atoms with Crippen molar-refractivity contribution in [1.29, 1.82) is 0 Å². The van der Waals surface area contributed by atoms with Gasteiger partial charge in [-0.15, -0.1) is 0 Å². The number of hydrogen-bond donors (Lipinski definition) is 0. The predicted octanol–water partition coefficient (Wildman–Crippen LogP) is -0.598. The molecular weight excluding hydrogens is 346 g/mol. The Bertz CT molecular complexity index is 11.6. The second kappa shape index (κ2) is 35.2. The molecule has 2 radical (unpaired) electrons. The molecule has 0 spiro atoms. The summed E-state index contributed by atoms with van der Waals surface area (Å²) in [5.41, 5.74) is 0. The molecule has 5 heteroatoms. The zero-order chi connectivity index (χ0) is 2.00. The maximum atomic E-state index is 2.42. The van der Waals surface area contributed by atoms with Gasteiger partial charge < -0.3 is 0 Å². The van der Waals surface area contributed by atoms with Crippen molar-refractivity contribution in [1.82, 2.24) is 0 Å². The standard InChI is InChI=1S/BH4P.Co.Ni.Re/c1-2;;;/h1-2H2;;;. The van der Waals surface area contributed by atoms with Crippen molar-refractivity contribution in [3.63, 3.8) is 0 Å². The molecular formula is H4BCoNiPRe. The first-order valence-corrected chi connectivity index (χ1v) is 1.73. The van der Waals surface area contributed by atoms with Crippen LogP contribution < -0.4 is 0 Å². The maximum Gasteiger partial charge on any atom is 0.126 e. The fourth-order valence-electron chi connectivity index (χ4n) is 0. The van der Waals surface area contributed by atoms with E-state index in [0.717, 1.165) is 0 Å². The van der Waals surface area contributed by atoms with Crippen LogP contribution in [0.15, 0.2) is 0 Å². The van der Waals surface area contributed by atoms with Crippen molar-refractivity contribution in [3.05, 3.63) is 0 Å². The SMILES string of the molecule is BP.[Co].[Ni].[Re]. The minimum atomic E-state index is 0. The zero-order valence-electron chi connectivity index (χ0n) is 2.60. The van der Waals surface area contributed by atoms with Crippen LogP contribution in [0, 0.1) is 0 Å². The summed E-state index contributed by atoms with van der Waals surface area (Å²) < 4.78 is 0. The zero-order valence-corrected chi connectivity index (χ0v) is 8.50. The van der Waals surface area contributed by atoms with E-state index in [9.17, 15) is 0 Å². The smallest absolute Gasteiger partial charge is 0.126 e. The molecule has 0 nitrogen and oxygen atoms in total. The van der Waals surface area contributed by atoms with Gasteiger partial charge in [0.05, 0.1) is 0 Å². The molecule has 1 unspecified atom stereocenters. The van der Waals surface area contributed by atoms with Gasteiger partial charge in [0, 0.05) is 53.7 Å². The Morgan fingerprint density at radius 2 is 1.20 bits per heavy atom. The van der Waals surface area contributed by atoms with Gasteiger partial charge in [-0.25, -0.2) is 0 Å². The van der Waals surface area contributed by atoms with Crippen molar-refractivity contribution >= 4 is 16.7 Å². The minimum absolute atomic E-state index is 0. The van der Waals surface area contributed by atoms with Gasteiger partial charge in [0.15, 0.2) is 0 Å². The van der Waals surface area contributed by atoms with E-state index in [1.54, 1.807) is 0 Å². The first kappa shape index (κ1) is 27.2.